The minimum Gasteiger partial charge on any atom is -0.294 e. The van der Waals surface area contributed by atoms with Crippen molar-refractivity contribution in [2.24, 2.45) is 0 Å². The van der Waals surface area contributed by atoms with Gasteiger partial charge in [0.2, 0.25) is 0 Å². The Kier molecular flexibility index (Phi) is 3.07. The zero-order valence-electron chi connectivity index (χ0n) is 10.4. The average molecular weight is 247 g/mol. The SMILES string of the molecule is O=C(Cc1ccncc1)c1ccc2ccccc2c1. The number of carbonyl (C=O) groups is 1. The third-order valence-corrected chi connectivity index (χ3v) is 3.19. The molecule has 0 unspecified atom stereocenters. The van der Waals surface area contributed by atoms with Crippen LogP contribution in [0.5, 0.6) is 0 Å². The van der Waals surface area contributed by atoms with E-state index in [4.69, 9.17) is 0 Å². The lowest BCUT2D eigenvalue weighted by Gasteiger charge is -2.03. The Morgan fingerprint density at radius 2 is 1.63 bits per heavy atom. The summed E-state index contributed by atoms with van der Waals surface area (Å²) in [4.78, 5) is 16.2. The maximum absolute atomic E-state index is 12.2. The predicted molar refractivity (Wildman–Crippen MR) is 76.2 cm³/mol. The summed E-state index contributed by atoms with van der Waals surface area (Å²) in [6.45, 7) is 0. The summed E-state index contributed by atoms with van der Waals surface area (Å²) >= 11 is 0. The molecule has 0 aliphatic carbocycles. The summed E-state index contributed by atoms with van der Waals surface area (Å²) in [5.41, 5.74) is 1.75. The number of carbonyl (C=O) groups excluding carboxylic acids is 1. The van der Waals surface area contributed by atoms with Crippen LogP contribution in [0.2, 0.25) is 0 Å². The fraction of sp³-hybridized carbons (Fsp3) is 0.0588. The Balaban J connectivity index is 1.89. The highest BCUT2D eigenvalue weighted by Gasteiger charge is 2.07. The molecule has 0 saturated heterocycles. The van der Waals surface area contributed by atoms with Gasteiger partial charge in [-0.1, -0.05) is 36.4 Å². The topological polar surface area (TPSA) is 30.0 Å². The smallest absolute Gasteiger partial charge is 0.167 e. The Hall–Kier alpha value is -2.48. The van der Waals surface area contributed by atoms with Gasteiger partial charge in [0, 0.05) is 24.4 Å². The summed E-state index contributed by atoms with van der Waals surface area (Å²) < 4.78 is 0. The highest BCUT2D eigenvalue weighted by atomic mass is 16.1. The minimum atomic E-state index is 0.136. The van der Waals surface area contributed by atoms with Gasteiger partial charge in [-0.25, -0.2) is 0 Å². The maximum Gasteiger partial charge on any atom is 0.167 e. The predicted octanol–water partition coefficient (Wildman–Crippen LogP) is 3.66. The van der Waals surface area contributed by atoms with Gasteiger partial charge in [0.05, 0.1) is 0 Å². The first kappa shape index (κ1) is 11.6. The monoisotopic (exact) mass is 247 g/mol. The fourth-order valence-electron chi connectivity index (χ4n) is 2.15. The first-order chi connectivity index (χ1) is 9.33. The quantitative estimate of drug-likeness (QED) is 0.661. The summed E-state index contributed by atoms with van der Waals surface area (Å²) in [5, 5.41) is 2.26. The van der Waals surface area contributed by atoms with Crippen LogP contribution >= 0.6 is 0 Å². The van der Waals surface area contributed by atoms with Crippen LogP contribution in [0, 0.1) is 0 Å². The molecule has 0 bridgehead atoms. The number of rotatable bonds is 3. The lowest BCUT2D eigenvalue weighted by atomic mass is 10.0. The van der Waals surface area contributed by atoms with Gasteiger partial charge >= 0.3 is 0 Å². The number of hydrogen-bond donors (Lipinski definition) is 0. The van der Waals surface area contributed by atoms with Crippen molar-refractivity contribution in [2.45, 2.75) is 6.42 Å². The molecule has 0 fully saturated rings. The Bertz CT molecular complexity index is 719. The summed E-state index contributed by atoms with van der Waals surface area (Å²) in [6, 6.07) is 17.7. The zero-order chi connectivity index (χ0) is 13.1. The van der Waals surface area contributed by atoms with Gasteiger partial charge in [0.25, 0.3) is 0 Å². The molecule has 2 nitrogen and oxygen atoms in total. The number of aromatic nitrogens is 1. The van der Waals surface area contributed by atoms with E-state index < -0.39 is 0 Å². The van der Waals surface area contributed by atoms with Crippen molar-refractivity contribution in [3.05, 3.63) is 78.1 Å². The van der Waals surface area contributed by atoms with E-state index >= 15 is 0 Å². The third-order valence-electron chi connectivity index (χ3n) is 3.19. The molecular weight excluding hydrogens is 234 g/mol. The summed E-state index contributed by atoms with van der Waals surface area (Å²) in [5.74, 6) is 0.136. The van der Waals surface area contributed by atoms with Crippen molar-refractivity contribution in [3.8, 4) is 0 Å². The highest BCUT2D eigenvalue weighted by Crippen LogP contribution is 2.17. The van der Waals surface area contributed by atoms with Gasteiger partial charge in [-0.3, -0.25) is 9.78 Å². The standard InChI is InChI=1S/C17H13NO/c19-17(11-13-7-9-18-10-8-13)16-6-5-14-3-1-2-4-15(14)12-16/h1-10,12H,11H2. The highest BCUT2D eigenvalue weighted by molar-refractivity contribution is 6.00. The molecule has 0 aliphatic heterocycles. The van der Waals surface area contributed by atoms with Gasteiger partial charge in [0.1, 0.15) is 0 Å². The molecule has 1 heterocycles. The molecule has 3 rings (SSSR count). The van der Waals surface area contributed by atoms with Crippen LogP contribution in [0.3, 0.4) is 0 Å². The largest absolute Gasteiger partial charge is 0.294 e. The lowest BCUT2D eigenvalue weighted by molar-refractivity contribution is 0.0993. The van der Waals surface area contributed by atoms with Crippen molar-refractivity contribution in [2.75, 3.05) is 0 Å². The third kappa shape index (κ3) is 2.52. The average Bonchev–Trinajstić information content (AvgIpc) is 2.48. The Labute approximate surface area is 111 Å². The number of hydrogen-bond acceptors (Lipinski definition) is 2. The molecule has 19 heavy (non-hydrogen) atoms. The maximum atomic E-state index is 12.2. The van der Waals surface area contributed by atoms with Gasteiger partial charge in [-0.15, -0.1) is 0 Å². The Morgan fingerprint density at radius 3 is 2.42 bits per heavy atom. The first-order valence-corrected chi connectivity index (χ1v) is 6.24. The molecule has 0 N–H and O–H groups in total. The second kappa shape index (κ2) is 5.02. The van der Waals surface area contributed by atoms with E-state index in [0.29, 0.717) is 6.42 Å². The van der Waals surface area contributed by atoms with Gasteiger partial charge in [-0.2, -0.15) is 0 Å². The summed E-state index contributed by atoms with van der Waals surface area (Å²) in [6.07, 6.45) is 3.84. The van der Waals surface area contributed by atoms with Crippen LogP contribution in [0.25, 0.3) is 10.8 Å². The van der Waals surface area contributed by atoms with Crippen LogP contribution < -0.4 is 0 Å². The first-order valence-electron chi connectivity index (χ1n) is 6.24. The van der Waals surface area contributed by atoms with Crippen LogP contribution in [0.15, 0.2) is 67.0 Å². The lowest BCUT2D eigenvalue weighted by Crippen LogP contribution is -2.03. The van der Waals surface area contributed by atoms with Crippen molar-refractivity contribution in [3.63, 3.8) is 0 Å². The van der Waals surface area contributed by atoms with Crippen molar-refractivity contribution in [1.82, 2.24) is 4.98 Å². The second-order valence-corrected chi connectivity index (χ2v) is 4.52. The van der Waals surface area contributed by atoms with Gasteiger partial charge < -0.3 is 0 Å². The van der Waals surface area contributed by atoms with Crippen molar-refractivity contribution >= 4 is 16.6 Å². The minimum absolute atomic E-state index is 0.136. The van der Waals surface area contributed by atoms with E-state index in [0.717, 1.165) is 21.9 Å². The number of ketones is 1. The molecule has 0 atom stereocenters. The Morgan fingerprint density at radius 1 is 0.895 bits per heavy atom. The van der Waals surface area contributed by atoms with E-state index in [1.165, 1.54) is 0 Å². The number of pyridine rings is 1. The van der Waals surface area contributed by atoms with E-state index in [2.05, 4.69) is 4.98 Å². The normalized spacial score (nSPS) is 10.5. The molecule has 1 aromatic heterocycles. The number of Topliss-reactive ketones (excluding diaryl/α,β-unsaturated/α-hetero) is 1. The molecule has 92 valence electrons. The molecule has 2 heteroatoms. The van der Waals surface area contributed by atoms with Crippen LogP contribution in [-0.2, 0) is 6.42 Å². The van der Waals surface area contributed by atoms with Crippen LogP contribution in [-0.4, -0.2) is 10.8 Å². The van der Waals surface area contributed by atoms with E-state index in [1.807, 2.05) is 54.6 Å². The molecule has 0 radical (unpaired) electrons. The van der Waals surface area contributed by atoms with Crippen LogP contribution in [0.1, 0.15) is 15.9 Å². The van der Waals surface area contributed by atoms with Crippen molar-refractivity contribution < 1.29 is 4.79 Å². The molecule has 0 spiro atoms. The number of nitrogens with zero attached hydrogens (tertiary/aromatic N) is 1. The second-order valence-electron chi connectivity index (χ2n) is 4.52. The van der Waals surface area contributed by atoms with Gasteiger partial charge in [0.15, 0.2) is 5.78 Å². The molecular formula is C17H13NO. The van der Waals surface area contributed by atoms with Crippen molar-refractivity contribution in [1.29, 1.82) is 0 Å². The van der Waals surface area contributed by atoms with E-state index in [9.17, 15) is 4.79 Å². The molecule has 0 saturated carbocycles. The van der Waals surface area contributed by atoms with E-state index in [1.54, 1.807) is 12.4 Å². The molecule has 0 amide bonds. The van der Waals surface area contributed by atoms with Gasteiger partial charge in [-0.05, 0) is 34.5 Å². The molecule has 2 aromatic carbocycles. The number of benzene rings is 2. The fourth-order valence-corrected chi connectivity index (χ4v) is 2.15. The summed E-state index contributed by atoms with van der Waals surface area (Å²) in [7, 11) is 0. The zero-order valence-corrected chi connectivity index (χ0v) is 10.4. The number of fused-ring (bicyclic) bond motifs is 1. The van der Waals surface area contributed by atoms with E-state index in [-0.39, 0.29) is 5.78 Å². The molecule has 3 aromatic rings. The molecule has 0 aliphatic rings. The van der Waals surface area contributed by atoms with Crippen LogP contribution in [0.4, 0.5) is 0 Å².